The van der Waals surface area contributed by atoms with Crippen LogP contribution >= 0.6 is 0 Å². The van der Waals surface area contributed by atoms with Crippen LogP contribution in [0, 0.1) is 11.8 Å². The molecule has 0 bridgehead atoms. The van der Waals surface area contributed by atoms with E-state index in [4.69, 9.17) is 20.9 Å². The Morgan fingerprint density at radius 1 is 0.764 bits per heavy atom. The molecule has 0 aromatic rings. The van der Waals surface area contributed by atoms with E-state index in [0.717, 1.165) is 77.2 Å². The second-order valence-electron chi connectivity index (χ2n) is 15.6. The van der Waals surface area contributed by atoms with Crippen molar-refractivity contribution in [2.75, 3.05) is 53.0 Å². The largest absolute Gasteiger partial charge is 0.379 e. The number of hydrogen-bond acceptors (Lipinski definition) is 10. The average molecular weight is 781 g/mol. The molecule has 0 aromatic heterocycles. The molecule has 0 spiro atoms. The van der Waals surface area contributed by atoms with Gasteiger partial charge in [-0.1, -0.05) is 78.6 Å². The highest BCUT2D eigenvalue weighted by atomic mass is 16.5. The van der Waals surface area contributed by atoms with E-state index in [9.17, 15) is 24.0 Å². The van der Waals surface area contributed by atoms with Gasteiger partial charge < -0.3 is 52.4 Å². The van der Waals surface area contributed by atoms with Gasteiger partial charge in [-0.05, 0) is 71.0 Å². The number of amides is 5. The van der Waals surface area contributed by atoms with Crippen molar-refractivity contribution in [3.05, 3.63) is 0 Å². The SMILES string of the molecule is CCCCCC[C@H]1OC[C@H](C)NC(=O)[C@H](COCCCNCCCN)NC(=O)[C@H](CN)NC(=O)[C@H](C2CCCCCC2)NC(=O)[C@H](CCC)N(C)C(=O)[C@@H]1C. The highest BCUT2D eigenvalue weighted by molar-refractivity contribution is 5.96. The first-order valence-corrected chi connectivity index (χ1v) is 21.3. The van der Waals surface area contributed by atoms with E-state index in [1.54, 1.807) is 14.0 Å². The number of likely N-dealkylation sites (N-methyl/N-ethyl adjacent to an activating group) is 1. The standard InChI is InChI=1S/C40H76N8O7/c1-6-8-9-14-20-34-29(4)40(53)48(5)33(17-7-2)38(51)47-35(30-18-12-10-11-13-19-30)39(52)45-31(25-42)36(49)46-32(37(50)44-28(3)26-55-34)27-54-24-16-23-43-22-15-21-41/h28-35,43H,6-27,41-42H2,1-5H3,(H,44,50)(H,45,52)(H,46,49)(H,47,51)/t28-,29+,31-,32-,33-,34+,35-/m0/s1. The van der Waals surface area contributed by atoms with Crippen LogP contribution in [0.2, 0.25) is 0 Å². The summed E-state index contributed by atoms with van der Waals surface area (Å²) >= 11 is 0. The summed E-state index contributed by atoms with van der Waals surface area (Å²) in [6, 6.07) is -4.47. The molecule has 7 atom stereocenters. The van der Waals surface area contributed by atoms with Crippen molar-refractivity contribution < 1.29 is 33.4 Å². The number of nitrogens with one attached hydrogen (secondary N) is 5. The number of ether oxygens (including phenoxy) is 2. The number of hydrogen-bond donors (Lipinski definition) is 7. The third-order valence-electron chi connectivity index (χ3n) is 10.9. The van der Waals surface area contributed by atoms with Crippen molar-refractivity contribution >= 4 is 29.5 Å². The maximum atomic E-state index is 14.2. The van der Waals surface area contributed by atoms with Crippen LogP contribution in [0.3, 0.4) is 0 Å². The van der Waals surface area contributed by atoms with Crippen LogP contribution in [-0.4, -0.2) is 124 Å². The van der Waals surface area contributed by atoms with Gasteiger partial charge in [-0.3, -0.25) is 24.0 Å². The Hall–Kier alpha value is -2.85. The Morgan fingerprint density at radius 3 is 2.09 bits per heavy atom. The summed E-state index contributed by atoms with van der Waals surface area (Å²) < 4.78 is 12.3. The fourth-order valence-electron chi connectivity index (χ4n) is 7.40. The molecule has 1 aliphatic heterocycles. The molecule has 5 amide bonds. The second kappa shape index (κ2) is 27.7. The van der Waals surface area contributed by atoms with Gasteiger partial charge in [0.1, 0.15) is 24.2 Å². The molecule has 15 heteroatoms. The summed E-state index contributed by atoms with van der Waals surface area (Å²) in [6.45, 7) is 10.0. The van der Waals surface area contributed by atoms with E-state index in [-0.39, 0.29) is 31.6 Å². The van der Waals surface area contributed by atoms with Crippen molar-refractivity contribution in [2.24, 2.45) is 23.3 Å². The van der Waals surface area contributed by atoms with E-state index in [2.05, 4.69) is 33.5 Å². The third-order valence-corrected chi connectivity index (χ3v) is 10.9. The average Bonchev–Trinajstić information content (AvgIpc) is 3.46. The zero-order valence-electron chi connectivity index (χ0n) is 34.6. The lowest BCUT2D eigenvalue weighted by Gasteiger charge is -2.34. The Morgan fingerprint density at radius 2 is 1.44 bits per heavy atom. The second-order valence-corrected chi connectivity index (χ2v) is 15.6. The first kappa shape index (κ1) is 48.3. The monoisotopic (exact) mass is 781 g/mol. The first-order chi connectivity index (χ1) is 26.5. The lowest BCUT2D eigenvalue weighted by atomic mass is 9.90. The molecular weight excluding hydrogens is 704 g/mol. The van der Waals surface area contributed by atoms with E-state index in [1.165, 1.54) is 4.90 Å². The number of carbonyl (C=O) groups is 5. The molecule has 0 aromatic carbocycles. The Kier molecular flexibility index (Phi) is 24.3. The molecule has 1 aliphatic carbocycles. The van der Waals surface area contributed by atoms with Crippen molar-refractivity contribution in [1.82, 2.24) is 31.5 Å². The summed E-state index contributed by atoms with van der Waals surface area (Å²) in [5, 5.41) is 14.8. The van der Waals surface area contributed by atoms with Crippen LogP contribution in [0.4, 0.5) is 0 Å². The van der Waals surface area contributed by atoms with Gasteiger partial charge in [0.25, 0.3) is 0 Å². The third kappa shape index (κ3) is 17.4. The number of nitrogens with zero attached hydrogens (tertiary/aromatic N) is 1. The molecule has 1 heterocycles. The van der Waals surface area contributed by atoms with E-state index >= 15 is 0 Å². The molecule has 1 saturated heterocycles. The van der Waals surface area contributed by atoms with Gasteiger partial charge >= 0.3 is 0 Å². The van der Waals surface area contributed by atoms with E-state index in [0.29, 0.717) is 45.4 Å². The fourth-order valence-corrected chi connectivity index (χ4v) is 7.40. The Balaban J connectivity index is 2.46. The van der Waals surface area contributed by atoms with Gasteiger partial charge in [-0.2, -0.15) is 0 Å². The van der Waals surface area contributed by atoms with Crippen molar-refractivity contribution in [1.29, 1.82) is 0 Å². The summed E-state index contributed by atoms with van der Waals surface area (Å²) in [4.78, 5) is 71.4. The predicted molar refractivity (Wildman–Crippen MR) is 215 cm³/mol. The molecular formula is C40H76N8O7. The zero-order valence-corrected chi connectivity index (χ0v) is 34.6. The van der Waals surface area contributed by atoms with Crippen molar-refractivity contribution in [3.8, 4) is 0 Å². The summed E-state index contributed by atoms with van der Waals surface area (Å²) in [6.07, 6.45) is 12.2. The van der Waals surface area contributed by atoms with Crippen LogP contribution in [0.5, 0.6) is 0 Å². The minimum Gasteiger partial charge on any atom is -0.379 e. The molecule has 55 heavy (non-hydrogen) atoms. The van der Waals surface area contributed by atoms with Crippen LogP contribution in [0.25, 0.3) is 0 Å². The van der Waals surface area contributed by atoms with Crippen LogP contribution < -0.4 is 38.1 Å². The maximum Gasteiger partial charge on any atom is 0.245 e. The number of rotatable bonds is 18. The molecule has 0 unspecified atom stereocenters. The van der Waals surface area contributed by atoms with Gasteiger partial charge in [0.05, 0.1) is 25.2 Å². The van der Waals surface area contributed by atoms with Crippen LogP contribution in [0.1, 0.15) is 124 Å². The van der Waals surface area contributed by atoms with Crippen LogP contribution in [-0.2, 0) is 33.4 Å². The minimum absolute atomic E-state index is 0.101. The lowest BCUT2D eigenvalue weighted by Crippen LogP contribution is -2.62. The van der Waals surface area contributed by atoms with Gasteiger partial charge in [0, 0.05) is 26.2 Å². The quantitative estimate of drug-likeness (QED) is 0.0791. The Labute approximate surface area is 330 Å². The summed E-state index contributed by atoms with van der Waals surface area (Å²) in [5.74, 6) is -2.98. The molecule has 1 saturated carbocycles. The van der Waals surface area contributed by atoms with Gasteiger partial charge in [0.2, 0.25) is 29.5 Å². The number of nitrogens with two attached hydrogens (primary N) is 2. The topological polar surface area (TPSA) is 219 Å². The highest BCUT2D eigenvalue weighted by Crippen LogP contribution is 2.27. The smallest absolute Gasteiger partial charge is 0.245 e. The first-order valence-electron chi connectivity index (χ1n) is 21.3. The number of unbranched alkanes of at least 4 members (excludes halogenated alkanes) is 3. The molecule has 2 aliphatic rings. The molecule has 2 rings (SSSR count). The number of carbonyl (C=O) groups excluding carboxylic acids is 5. The lowest BCUT2D eigenvalue weighted by molar-refractivity contribution is -0.147. The fraction of sp³-hybridized carbons (Fsp3) is 0.875. The normalized spacial score (nSPS) is 27.6. The van der Waals surface area contributed by atoms with E-state index < -0.39 is 65.9 Å². The van der Waals surface area contributed by atoms with E-state index in [1.807, 2.05) is 13.8 Å². The van der Waals surface area contributed by atoms with Crippen LogP contribution in [0.15, 0.2) is 0 Å². The molecule has 9 N–H and O–H groups in total. The van der Waals surface area contributed by atoms with Crippen molar-refractivity contribution in [2.45, 2.75) is 160 Å². The van der Waals surface area contributed by atoms with Gasteiger partial charge in [-0.25, -0.2) is 0 Å². The summed E-state index contributed by atoms with van der Waals surface area (Å²) in [7, 11) is 1.65. The Bertz CT molecular complexity index is 1140. The van der Waals surface area contributed by atoms with Gasteiger partial charge in [-0.15, -0.1) is 0 Å². The van der Waals surface area contributed by atoms with Gasteiger partial charge in [0.15, 0.2) is 0 Å². The molecule has 0 radical (unpaired) electrons. The maximum absolute atomic E-state index is 14.2. The minimum atomic E-state index is -1.17. The summed E-state index contributed by atoms with van der Waals surface area (Å²) in [5.41, 5.74) is 11.6. The predicted octanol–water partition coefficient (Wildman–Crippen LogP) is 1.85. The molecule has 318 valence electrons. The molecule has 2 fully saturated rings. The molecule has 15 nitrogen and oxygen atoms in total. The van der Waals surface area contributed by atoms with Crippen molar-refractivity contribution in [3.63, 3.8) is 0 Å². The highest BCUT2D eigenvalue weighted by Gasteiger charge is 2.38. The zero-order chi connectivity index (χ0) is 40.6.